The maximum Gasteiger partial charge on any atom is 0.270 e. The molecule has 4 rings (SSSR count). The molecule has 0 aliphatic rings. The molecule has 1 amide bonds. The monoisotopic (exact) mass is 470 g/mol. The fourth-order valence-corrected chi connectivity index (χ4v) is 3.75. The number of benzene rings is 2. The first-order chi connectivity index (χ1) is 15.4. The van der Waals surface area contributed by atoms with Crippen molar-refractivity contribution in [2.75, 3.05) is 18.2 Å². The Kier molecular flexibility index (Phi) is 6.19. The largest absolute Gasteiger partial charge is 0.495 e. The van der Waals surface area contributed by atoms with Crippen LogP contribution in [0.3, 0.4) is 0 Å². The van der Waals surface area contributed by atoms with Gasteiger partial charge in [-0.25, -0.2) is 0 Å². The summed E-state index contributed by atoms with van der Waals surface area (Å²) in [6.07, 6.45) is 0. The minimum Gasteiger partial charge on any atom is -0.495 e. The van der Waals surface area contributed by atoms with Gasteiger partial charge in [0.15, 0.2) is 5.65 Å². The van der Waals surface area contributed by atoms with Gasteiger partial charge in [-0.3, -0.25) is 14.9 Å². The number of anilines is 1. The van der Waals surface area contributed by atoms with Gasteiger partial charge in [-0.15, -0.1) is 10.2 Å². The van der Waals surface area contributed by atoms with Gasteiger partial charge < -0.3 is 10.1 Å². The molecule has 0 fully saturated rings. The molecule has 0 aliphatic carbocycles. The molecule has 10 nitrogen and oxygen atoms in total. The zero-order valence-electron chi connectivity index (χ0n) is 16.6. The molecule has 162 valence electrons. The van der Waals surface area contributed by atoms with E-state index >= 15 is 0 Å². The lowest BCUT2D eigenvalue weighted by Gasteiger charge is -2.10. The van der Waals surface area contributed by atoms with E-state index < -0.39 is 4.92 Å². The summed E-state index contributed by atoms with van der Waals surface area (Å²) in [4.78, 5) is 23.0. The number of non-ortho nitro benzene ring substituents is 1. The maximum absolute atomic E-state index is 12.4. The Morgan fingerprint density at radius 2 is 2.06 bits per heavy atom. The second-order valence-corrected chi connectivity index (χ2v) is 7.84. The van der Waals surface area contributed by atoms with Crippen molar-refractivity contribution in [3.63, 3.8) is 0 Å². The number of carbonyl (C=O) groups is 1. The van der Waals surface area contributed by atoms with Gasteiger partial charge in [0, 0.05) is 22.7 Å². The van der Waals surface area contributed by atoms with Gasteiger partial charge in [-0.2, -0.15) is 9.61 Å². The maximum atomic E-state index is 12.4. The number of rotatable bonds is 7. The normalized spacial score (nSPS) is 10.8. The summed E-state index contributed by atoms with van der Waals surface area (Å²) in [5.41, 5.74) is 2.00. The van der Waals surface area contributed by atoms with Crippen molar-refractivity contribution in [1.82, 2.24) is 19.8 Å². The van der Waals surface area contributed by atoms with Gasteiger partial charge in [0.2, 0.25) is 11.1 Å². The van der Waals surface area contributed by atoms with Crippen LogP contribution in [0, 0.1) is 10.1 Å². The van der Waals surface area contributed by atoms with Crippen molar-refractivity contribution in [2.45, 2.75) is 5.16 Å². The predicted molar refractivity (Wildman–Crippen MR) is 120 cm³/mol. The topological polar surface area (TPSA) is 125 Å². The van der Waals surface area contributed by atoms with Crippen LogP contribution < -0.4 is 10.1 Å². The highest BCUT2D eigenvalue weighted by atomic mass is 35.5. The number of hydrogen-bond donors (Lipinski definition) is 1. The predicted octanol–water partition coefficient (Wildman–Crippen LogP) is 4.09. The van der Waals surface area contributed by atoms with Crippen LogP contribution in [0.2, 0.25) is 5.02 Å². The molecule has 0 saturated heterocycles. The number of nitro benzene ring substituents is 1. The number of methoxy groups -OCH3 is 1. The second kappa shape index (κ2) is 9.20. The Labute approximate surface area is 190 Å². The van der Waals surface area contributed by atoms with Crippen molar-refractivity contribution in [3.8, 4) is 17.0 Å². The first kappa shape index (κ1) is 21.5. The van der Waals surface area contributed by atoms with Crippen LogP contribution in [0.25, 0.3) is 16.9 Å². The van der Waals surface area contributed by atoms with Crippen LogP contribution >= 0.6 is 23.4 Å². The van der Waals surface area contributed by atoms with Gasteiger partial charge >= 0.3 is 0 Å². The number of amides is 1. The van der Waals surface area contributed by atoms with Gasteiger partial charge in [-0.05, 0) is 30.3 Å². The van der Waals surface area contributed by atoms with Gasteiger partial charge in [0.25, 0.3) is 5.69 Å². The first-order valence-corrected chi connectivity index (χ1v) is 10.5. The van der Waals surface area contributed by atoms with E-state index in [-0.39, 0.29) is 17.3 Å². The number of nitrogens with one attached hydrogen (secondary N) is 1. The number of thioether (sulfide) groups is 1. The van der Waals surface area contributed by atoms with E-state index in [0.29, 0.717) is 38.5 Å². The zero-order chi connectivity index (χ0) is 22.7. The highest BCUT2D eigenvalue weighted by Gasteiger charge is 2.14. The molecule has 0 unspecified atom stereocenters. The summed E-state index contributed by atoms with van der Waals surface area (Å²) in [5.74, 6) is 0.241. The Balaban J connectivity index is 1.52. The minimum atomic E-state index is -0.463. The SMILES string of the molecule is COc1ccc(Cl)cc1NC(=O)CSc1nnc2ccc(-c3cccc([N+](=O)[O-])c3)nn12. The van der Waals surface area contributed by atoms with E-state index in [9.17, 15) is 14.9 Å². The van der Waals surface area contributed by atoms with Gasteiger partial charge in [0.05, 0.1) is 29.2 Å². The van der Waals surface area contributed by atoms with Gasteiger partial charge in [-0.1, -0.05) is 35.5 Å². The number of aromatic nitrogens is 4. The summed E-state index contributed by atoms with van der Waals surface area (Å²) in [6, 6.07) is 14.5. The number of halogens is 1. The smallest absolute Gasteiger partial charge is 0.270 e. The summed E-state index contributed by atoms with van der Waals surface area (Å²) in [7, 11) is 1.50. The molecule has 0 bridgehead atoms. The first-order valence-electron chi connectivity index (χ1n) is 9.18. The molecule has 0 spiro atoms. The third-order valence-corrected chi connectivity index (χ3v) is 5.51. The lowest BCUT2D eigenvalue weighted by molar-refractivity contribution is -0.384. The third kappa shape index (κ3) is 4.63. The molecule has 4 aromatic rings. The van der Waals surface area contributed by atoms with E-state index in [2.05, 4.69) is 20.6 Å². The number of hydrogen-bond acceptors (Lipinski definition) is 8. The van der Waals surface area contributed by atoms with Crippen LogP contribution in [0.4, 0.5) is 11.4 Å². The lowest BCUT2D eigenvalue weighted by Crippen LogP contribution is -2.15. The highest BCUT2D eigenvalue weighted by molar-refractivity contribution is 7.99. The van der Waals surface area contributed by atoms with Crippen molar-refractivity contribution in [2.24, 2.45) is 0 Å². The zero-order valence-corrected chi connectivity index (χ0v) is 18.1. The number of fused-ring (bicyclic) bond motifs is 1. The van der Waals surface area contributed by atoms with Crippen molar-refractivity contribution < 1.29 is 14.5 Å². The molecule has 12 heteroatoms. The van der Waals surface area contributed by atoms with Crippen LogP contribution in [0.5, 0.6) is 5.75 Å². The Hall–Kier alpha value is -3.70. The van der Waals surface area contributed by atoms with Crippen molar-refractivity contribution >= 4 is 46.3 Å². The van der Waals surface area contributed by atoms with E-state index in [1.807, 2.05) is 0 Å². The summed E-state index contributed by atoms with van der Waals surface area (Å²) in [6.45, 7) is 0. The van der Waals surface area contributed by atoms with Crippen LogP contribution in [0.1, 0.15) is 0 Å². The molecule has 2 heterocycles. The molecule has 32 heavy (non-hydrogen) atoms. The highest BCUT2D eigenvalue weighted by Crippen LogP contribution is 2.28. The Bertz CT molecular complexity index is 1330. The molecule has 0 radical (unpaired) electrons. The lowest BCUT2D eigenvalue weighted by atomic mass is 10.1. The number of carbonyl (C=O) groups excluding carboxylic acids is 1. The summed E-state index contributed by atoms with van der Waals surface area (Å²) >= 11 is 7.14. The molecule has 2 aromatic heterocycles. The number of nitro groups is 1. The molecule has 1 N–H and O–H groups in total. The number of ether oxygens (including phenoxy) is 1. The minimum absolute atomic E-state index is 0.0316. The molecule has 0 aliphatic heterocycles. The van der Waals surface area contributed by atoms with E-state index in [1.54, 1.807) is 42.5 Å². The molecule has 0 saturated carbocycles. The average Bonchev–Trinajstić information content (AvgIpc) is 3.20. The molecular formula is C20H15ClN6O4S. The second-order valence-electron chi connectivity index (χ2n) is 6.46. The van der Waals surface area contributed by atoms with Crippen molar-refractivity contribution in [1.29, 1.82) is 0 Å². The standard InChI is InChI=1S/C20H15ClN6O4S/c1-31-17-7-5-13(21)10-16(17)22-19(28)11-32-20-24-23-18-8-6-15(25-26(18)20)12-3-2-4-14(9-12)27(29)30/h2-10H,11H2,1H3,(H,22,28). The van der Waals surface area contributed by atoms with Crippen LogP contribution in [-0.2, 0) is 4.79 Å². The fourth-order valence-electron chi connectivity index (χ4n) is 2.89. The van der Waals surface area contributed by atoms with Crippen LogP contribution in [-0.4, -0.2) is 43.5 Å². The molecule has 0 atom stereocenters. The average molecular weight is 471 g/mol. The van der Waals surface area contributed by atoms with Crippen molar-refractivity contribution in [3.05, 3.63) is 69.7 Å². The van der Waals surface area contributed by atoms with Gasteiger partial charge in [0.1, 0.15) is 5.75 Å². The summed E-state index contributed by atoms with van der Waals surface area (Å²) in [5, 5.41) is 27.3. The van der Waals surface area contributed by atoms with E-state index in [0.717, 1.165) is 11.8 Å². The molecule has 2 aromatic carbocycles. The Morgan fingerprint density at radius 1 is 1.22 bits per heavy atom. The summed E-state index contributed by atoms with van der Waals surface area (Å²) < 4.78 is 6.72. The number of nitrogens with zero attached hydrogens (tertiary/aromatic N) is 5. The van der Waals surface area contributed by atoms with E-state index in [1.165, 1.54) is 23.8 Å². The fraction of sp³-hybridized carbons (Fsp3) is 0.100. The quantitative estimate of drug-likeness (QED) is 0.243. The van der Waals surface area contributed by atoms with Crippen LogP contribution in [0.15, 0.2) is 59.8 Å². The molecular weight excluding hydrogens is 456 g/mol. The van der Waals surface area contributed by atoms with E-state index in [4.69, 9.17) is 16.3 Å². The Morgan fingerprint density at radius 3 is 2.84 bits per heavy atom. The third-order valence-electron chi connectivity index (χ3n) is 4.35.